The molecule has 0 bridgehead atoms. The molecule has 6 aliphatic rings. The molecule has 2 heterocycles. The van der Waals surface area contributed by atoms with Crippen LogP contribution in [0.15, 0.2) is 11.6 Å². The van der Waals surface area contributed by atoms with Gasteiger partial charge < -0.3 is 38.7 Å². The summed E-state index contributed by atoms with van der Waals surface area (Å²) in [5, 5.41) is 24.7. The van der Waals surface area contributed by atoms with E-state index in [2.05, 4.69) is 6.92 Å². The molecule has 0 radical (unpaired) electrons. The molecule has 2 aliphatic heterocycles. The Morgan fingerprint density at radius 1 is 1.00 bits per heavy atom. The summed E-state index contributed by atoms with van der Waals surface area (Å²) in [6, 6.07) is 0. The number of carbonyl (C=O) groups excluding carboxylic acids is 4. The minimum atomic E-state index is -1.30. The van der Waals surface area contributed by atoms with Gasteiger partial charge in [-0.1, -0.05) is 6.92 Å². The third kappa shape index (κ3) is 4.84. The van der Waals surface area contributed by atoms with Gasteiger partial charge in [-0.15, -0.1) is 0 Å². The number of hydrogen-bond donors (Lipinski definition) is 2. The van der Waals surface area contributed by atoms with Gasteiger partial charge in [-0.2, -0.15) is 0 Å². The average molecular weight is 619 g/mol. The first kappa shape index (κ1) is 31.6. The number of carbonyl (C=O) groups is 4. The van der Waals surface area contributed by atoms with E-state index in [1.54, 1.807) is 13.0 Å². The molecule has 244 valence electrons. The predicted octanol–water partition coefficient (Wildman–Crippen LogP) is 2.92. The van der Waals surface area contributed by atoms with Crippen LogP contribution in [0.25, 0.3) is 0 Å². The summed E-state index contributed by atoms with van der Waals surface area (Å²) in [7, 11) is 0. The molecular formula is C33H46O11. The smallest absolute Gasteiger partial charge is 0.331 e. The molecule has 11 heteroatoms. The topological polar surface area (TPSA) is 155 Å². The van der Waals surface area contributed by atoms with Crippen molar-refractivity contribution in [1.82, 2.24) is 0 Å². The molecule has 5 fully saturated rings. The van der Waals surface area contributed by atoms with Gasteiger partial charge >= 0.3 is 17.9 Å². The van der Waals surface area contributed by atoms with E-state index in [0.29, 0.717) is 44.9 Å². The van der Waals surface area contributed by atoms with E-state index in [-0.39, 0.29) is 43.2 Å². The van der Waals surface area contributed by atoms with Crippen LogP contribution in [0.2, 0.25) is 0 Å². The van der Waals surface area contributed by atoms with Crippen LogP contribution in [0.3, 0.4) is 0 Å². The number of fused-ring (bicyclic) bond motifs is 5. The van der Waals surface area contributed by atoms with E-state index in [4.69, 9.17) is 23.7 Å². The summed E-state index contributed by atoms with van der Waals surface area (Å²) in [5.41, 5.74) is -2.79. The van der Waals surface area contributed by atoms with Crippen molar-refractivity contribution >= 4 is 24.2 Å². The van der Waals surface area contributed by atoms with Crippen molar-refractivity contribution in [1.29, 1.82) is 0 Å². The molecule has 44 heavy (non-hydrogen) atoms. The highest BCUT2D eigenvalue weighted by atomic mass is 16.7. The monoisotopic (exact) mass is 618 g/mol. The molecule has 0 spiro atoms. The van der Waals surface area contributed by atoms with Crippen LogP contribution < -0.4 is 0 Å². The third-order valence-electron chi connectivity index (χ3n) is 12.4. The highest BCUT2D eigenvalue weighted by Crippen LogP contribution is 2.70. The van der Waals surface area contributed by atoms with Crippen molar-refractivity contribution in [3.63, 3.8) is 0 Å². The van der Waals surface area contributed by atoms with E-state index in [9.17, 15) is 29.4 Å². The SMILES string of the molecule is CC(=O)OC1CC(OC2CCC3(C=O)[C@H]4CCC5(C)C(C6=CC(=O)OC6)CCC5(O)C4CCC3(O)C2)OC(C)C1OC(C)=O. The summed E-state index contributed by atoms with van der Waals surface area (Å²) >= 11 is 0. The molecule has 6 rings (SSSR count). The van der Waals surface area contributed by atoms with Crippen LogP contribution in [0, 0.1) is 28.6 Å². The second-order valence-electron chi connectivity index (χ2n) is 14.5. The molecule has 12 atom stereocenters. The molecule has 0 aromatic carbocycles. The van der Waals surface area contributed by atoms with Gasteiger partial charge in [-0.05, 0) is 81.6 Å². The van der Waals surface area contributed by atoms with Crippen LogP contribution in [0.1, 0.15) is 91.9 Å². The fraction of sp³-hybridized carbons (Fsp3) is 0.818. The fourth-order valence-corrected chi connectivity index (χ4v) is 10.4. The van der Waals surface area contributed by atoms with Gasteiger partial charge in [-0.3, -0.25) is 9.59 Å². The largest absolute Gasteiger partial charge is 0.458 e. The maximum atomic E-state index is 13.1. The number of rotatable bonds is 6. The van der Waals surface area contributed by atoms with Gasteiger partial charge in [0, 0.05) is 38.2 Å². The lowest BCUT2D eigenvalue weighted by Crippen LogP contribution is -2.69. The lowest BCUT2D eigenvalue weighted by molar-refractivity contribution is -0.288. The standard InChI is InChI=1S/C33H46O11/c1-18-29(43-20(3)36)26(42-19(2)35)14-28(41-18)44-22-5-10-31(17-34)24-6-9-30(4)23(21-13-27(37)40-16-21)8-12-33(30,39)25(24)7-11-32(31,38)15-22/h13,17-18,22-26,28-29,38-39H,5-12,14-16H2,1-4H3/t18?,22?,23?,24-,25?,26?,28?,29?,30?,31?,32?,33?/m0/s1. The number of esters is 3. The van der Waals surface area contributed by atoms with Gasteiger partial charge in [0.2, 0.25) is 0 Å². The van der Waals surface area contributed by atoms with Crippen molar-refractivity contribution in [3.05, 3.63) is 11.6 Å². The normalized spacial score (nSPS) is 48.2. The van der Waals surface area contributed by atoms with Gasteiger partial charge in [0.25, 0.3) is 0 Å². The van der Waals surface area contributed by atoms with Crippen molar-refractivity contribution in [2.75, 3.05) is 6.61 Å². The molecule has 1 saturated heterocycles. The molecule has 4 saturated carbocycles. The summed E-state index contributed by atoms with van der Waals surface area (Å²) in [5.74, 6) is -1.59. The molecule has 0 aromatic rings. The van der Waals surface area contributed by atoms with Crippen molar-refractivity contribution < 1.29 is 53.1 Å². The number of aldehydes is 1. The average Bonchev–Trinajstić information content (AvgIpc) is 3.49. The van der Waals surface area contributed by atoms with E-state index in [0.717, 1.165) is 18.3 Å². The zero-order chi connectivity index (χ0) is 31.7. The van der Waals surface area contributed by atoms with Gasteiger partial charge in [0.15, 0.2) is 12.4 Å². The second-order valence-corrected chi connectivity index (χ2v) is 14.5. The minimum Gasteiger partial charge on any atom is -0.458 e. The molecule has 0 aromatic heterocycles. The minimum absolute atomic E-state index is 0.0474. The number of aliphatic hydroxyl groups is 2. The highest BCUT2D eigenvalue weighted by Gasteiger charge is 2.71. The Hall–Kier alpha value is -2.34. The first-order valence-electron chi connectivity index (χ1n) is 16.2. The number of hydrogen-bond acceptors (Lipinski definition) is 11. The number of cyclic esters (lactones) is 1. The highest BCUT2D eigenvalue weighted by molar-refractivity contribution is 5.85. The Labute approximate surface area is 257 Å². The zero-order valence-corrected chi connectivity index (χ0v) is 26.1. The van der Waals surface area contributed by atoms with E-state index >= 15 is 0 Å². The summed E-state index contributed by atoms with van der Waals surface area (Å²) < 4.78 is 28.5. The van der Waals surface area contributed by atoms with Crippen LogP contribution in [0.4, 0.5) is 0 Å². The summed E-state index contributed by atoms with van der Waals surface area (Å²) in [6.07, 6.45) is 4.39. The molecule has 0 amide bonds. The predicted molar refractivity (Wildman–Crippen MR) is 153 cm³/mol. The molecule has 11 unspecified atom stereocenters. The summed E-state index contributed by atoms with van der Waals surface area (Å²) in [6.45, 7) is 6.72. The van der Waals surface area contributed by atoms with Crippen LogP contribution in [-0.2, 0) is 42.9 Å². The Morgan fingerprint density at radius 2 is 1.73 bits per heavy atom. The molecular weight excluding hydrogens is 572 g/mol. The Balaban J connectivity index is 1.18. The Bertz CT molecular complexity index is 1230. The first-order valence-corrected chi connectivity index (χ1v) is 16.2. The van der Waals surface area contributed by atoms with Crippen LogP contribution in [0.5, 0.6) is 0 Å². The van der Waals surface area contributed by atoms with E-state index < -0.39 is 64.7 Å². The van der Waals surface area contributed by atoms with Crippen molar-refractivity contribution in [2.24, 2.45) is 28.6 Å². The lowest BCUT2D eigenvalue weighted by Gasteiger charge is -2.65. The lowest BCUT2D eigenvalue weighted by atomic mass is 9.41. The third-order valence-corrected chi connectivity index (χ3v) is 12.4. The van der Waals surface area contributed by atoms with Gasteiger partial charge in [0.1, 0.15) is 19.0 Å². The van der Waals surface area contributed by atoms with Gasteiger partial charge in [-0.25, -0.2) is 4.79 Å². The molecule has 4 aliphatic carbocycles. The maximum Gasteiger partial charge on any atom is 0.331 e. The first-order chi connectivity index (χ1) is 20.7. The van der Waals surface area contributed by atoms with Crippen LogP contribution >= 0.6 is 0 Å². The van der Waals surface area contributed by atoms with Crippen molar-refractivity contribution in [3.8, 4) is 0 Å². The zero-order valence-electron chi connectivity index (χ0n) is 26.1. The summed E-state index contributed by atoms with van der Waals surface area (Å²) in [4.78, 5) is 48.4. The Kier molecular flexibility index (Phi) is 8.03. The fourth-order valence-electron chi connectivity index (χ4n) is 10.4. The Morgan fingerprint density at radius 3 is 2.39 bits per heavy atom. The van der Waals surface area contributed by atoms with E-state index in [1.807, 2.05) is 0 Å². The maximum absolute atomic E-state index is 13.1. The van der Waals surface area contributed by atoms with Crippen molar-refractivity contribution in [2.45, 2.75) is 134 Å². The second kappa shape index (κ2) is 11.2. The van der Waals surface area contributed by atoms with E-state index in [1.165, 1.54) is 13.8 Å². The molecule has 2 N–H and O–H groups in total. The molecule has 11 nitrogen and oxygen atoms in total. The number of ether oxygens (including phenoxy) is 5. The van der Waals surface area contributed by atoms with Crippen LogP contribution in [-0.4, -0.2) is 82.9 Å². The van der Waals surface area contributed by atoms with Gasteiger partial charge in [0.05, 0.1) is 28.8 Å². The quantitative estimate of drug-likeness (QED) is 0.195.